The Morgan fingerprint density at radius 1 is 0.970 bits per heavy atom. The maximum atomic E-state index is 12.7. The number of rotatable bonds is 3. The number of aliphatic carboxylic acids is 1. The van der Waals surface area contributed by atoms with Crippen molar-refractivity contribution >= 4 is 12.3 Å². The molecule has 0 aromatic carbocycles. The molecule has 3 heteroatoms. The second-order valence-electron chi connectivity index (χ2n) is 14.0. The SMILES string of the molecule is C=C(C)[C@@H]1CC[C@]2(C(=O)O)CC[C@]3(C)C(CCC4[C@@]5(C)C(C=O)=CC(C)(C)[C@@H]5CC[C@]43C)C12. The Bertz CT molecular complexity index is 944. The number of aldehydes is 1. The molecule has 33 heavy (non-hydrogen) atoms. The normalized spacial score (nSPS) is 52.1. The molecule has 0 bridgehead atoms. The molecule has 0 aliphatic heterocycles. The average molecular weight is 453 g/mol. The van der Waals surface area contributed by atoms with Crippen LogP contribution in [0.15, 0.2) is 23.8 Å². The molecule has 3 nitrogen and oxygen atoms in total. The molecule has 0 spiro atoms. The maximum absolute atomic E-state index is 12.7. The fourth-order valence-corrected chi connectivity index (χ4v) is 11.1. The lowest BCUT2D eigenvalue weighted by atomic mass is 9.34. The maximum Gasteiger partial charge on any atom is 0.309 e. The number of hydrogen-bond acceptors (Lipinski definition) is 2. The summed E-state index contributed by atoms with van der Waals surface area (Å²) < 4.78 is 0. The van der Waals surface area contributed by atoms with E-state index in [2.05, 4.69) is 54.2 Å². The highest BCUT2D eigenvalue weighted by atomic mass is 16.4. The second-order valence-corrected chi connectivity index (χ2v) is 14.0. The van der Waals surface area contributed by atoms with Gasteiger partial charge in [-0.15, -0.1) is 0 Å². The van der Waals surface area contributed by atoms with E-state index in [9.17, 15) is 14.7 Å². The Balaban J connectivity index is 1.61. The van der Waals surface area contributed by atoms with Crippen LogP contribution in [0.3, 0.4) is 0 Å². The quantitative estimate of drug-likeness (QED) is 0.368. The molecular formula is C30H44O3. The van der Waals surface area contributed by atoms with Crippen LogP contribution in [-0.4, -0.2) is 17.4 Å². The fourth-order valence-electron chi connectivity index (χ4n) is 11.1. The van der Waals surface area contributed by atoms with Crippen LogP contribution in [-0.2, 0) is 9.59 Å². The van der Waals surface area contributed by atoms with Gasteiger partial charge in [-0.2, -0.15) is 0 Å². The van der Waals surface area contributed by atoms with Crippen LogP contribution in [0.2, 0.25) is 0 Å². The van der Waals surface area contributed by atoms with Crippen molar-refractivity contribution in [2.75, 3.05) is 0 Å². The van der Waals surface area contributed by atoms with Gasteiger partial charge in [-0.1, -0.05) is 52.8 Å². The molecule has 9 atom stereocenters. The van der Waals surface area contributed by atoms with Crippen molar-refractivity contribution in [3.8, 4) is 0 Å². The summed E-state index contributed by atoms with van der Waals surface area (Å²) in [5.74, 6) is 1.38. The number of carboxylic acids is 1. The van der Waals surface area contributed by atoms with Crippen LogP contribution in [0.1, 0.15) is 92.9 Å². The van der Waals surface area contributed by atoms with E-state index in [0.29, 0.717) is 23.7 Å². The summed E-state index contributed by atoms with van der Waals surface area (Å²) in [6.07, 6.45) is 11.6. The topological polar surface area (TPSA) is 54.4 Å². The van der Waals surface area contributed by atoms with E-state index in [1.165, 1.54) is 12.0 Å². The highest BCUT2D eigenvalue weighted by Gasteiger charge is 2.72. The van der Waals surface area contributed by atoms with Gasteiger partial charge in [0, 0.05) is 5.41 Å². The molecule has 4 saturated carbocycles. The van der Waals surface area contributed by atoms with Crippen molar-refractivity contribution in [2.24, 2.45) is 56.7 Å². The zero-order chi connectivity index (χ0) is 24.2. The van der Waals surface area contributed by atoms with Crippen LogP contribution < -0.4 is 0 Å². The van der Waals surface area contributed by atoms with Gasteiger partial charge in [0.25, 0.3) is 0 Å². The summed E-state index contributed by atoms with van der Waals surface area (Å²) in [5.41, 5.74) is 1.86. The number of fused-ring (bicyclic) bond motifs is 7. The third-order valence-corrected chi connectivity index (χ3v) is 12.8. The van der Waals surface area contributed by atoms with Gasteiger partial charge in [-0.05, 0) is 110 Å². The highest BCUT2D eigenvalue weighted by molar-refractivity contribution is 5.78. The molecule has 0 aromatic heterocycles. The number of carboxylic acid groups (broad SMARTS) is 1. The molecule has 5 rings (SSSR count). The minimum absolute atomic E-state index is 0.0611. The second kappa shape index (κ2) is 6.85. The number of carbonyl (C=O) groups is 2. The molecular weight excluding hydrogens is 408 g/mol. The predicted octanol–water partition coefficient (Wildman–Crippen LogP) is 7.07. The van der Waals surface area contributed by atoms with Crippen molar-refractivity contribution in [1.29, 1.82) is 0 Å². The van der Waals surface area contributed by atoms with E-state index in [0.717, 1.165) is 56.8 Å². The first-order valence-corrected chi connectivity index (χ1v) is 13.4. The lowest BCUT2D eigenvalue weighted by Crippen LogP contribution is -2.65. The average Bonchev–Trinajstić information content (AvgIpc) is 3.22. The Labute approximate surface area is 200 Å². The smallest absolute Gasteiger partial charge is 0.309 e. The molecule has 182 valence electrons. The predicted molar refractivity (Wildman–Crippen MR) is 132 cm³/mol. The summed E-state index contributed by atoms with van der Waals surface area (Å²) in [7, 11) is 0. The molecule has 0 heterocycles. The first-order chi connectivity index (χ1) is 15.3. The summed E-state index contributed by atoms with van der Waals surface area (Å²) >= 11 is 0. The zero-order valence-corrected chi connectivity index (χ0v) is 21.7. The van der Waals surface area contributed by atoms with Gasteiger partial charge in [0.05, 0.1) is 5.41 Å². The van der Waals surface area contributed by atoms with E-state index in [4.69, 9.17) is 0 Å². The molecule has 1 N–H and O–H groups in total. The summed E-state index contributed by atoms with van der Waals surface area (Å²) in [6, 6.07) is 0. The lowest BCUT2D eigenvalue weighted by molar-refractivity contribution is -0.217. The van der Waals surface area contributed by atoms with Gasteiger partial charge in [-0.3, -0.25) is 9.59 Å². The van der Waals surface area contributed by atoms with E-state index in [1.54, 1.807) is 0 Å². The van der Waals surface area contributed by atoms with E-state index in [-0.39, 0.29) is 27.6 Å². The minimum atomic E-state index is -0.568. The Kier molecular flexibility index (Phi) is 4.85. The molecule has 5 aliphatic rings. The van der Waals surface area contributed by atoms with Crippen molar-refractivity contribution in [1.82, 2.24) is 0 Å². The van der Waals surface area contributed by atoms with Gasteiger partial charge in [-0.25, -0.2) is 0 Å². The summed E-state index contributed by atoms with van der Waals surface area (Å²) in [5, 5.41) is 10.5. The molecule has 0 radical (unpaired) electrons. The fraction of sp³-hybridized carbons (Fsp3) is 0.800. The lowest BCUT2D eigenvalue weighted by Gasteiger charge is -2.70. The number of allylic oxidation sites excluding steroid dienone is 3. The van der Waals surface area contributed by atoms with Gasteiger partial charge in [0.1, 0.15) is 6.29 Å². The highest BCUT2D eigenvalue weighted by Crippen LogP contribution is 2.78. The Hall–Kier alpha value is -1.38. The number of carbonyl (C=O) groups excluding carboxylic acids is 1. The van der Waals surface area contributed by atoms with Crippen LogP contribution in [0.25, 0.3) is 0 Å². The first kappa shape index (κ1) is 23.4. The van der Waals surface area contributed by atoms with Crippen LogP contribution in [0.4, 0.5) is 0 Å². The Morgan fingerprint density at radius 3 is 2.27 bits per heavy atom. The summed E-state index contributed by atoms with van der Waals surface area (Å²) in [4.78, 5) is 25.1. The molecule has 3 unspecified atom stereocenters. The minimum Gasteiger partial charge on any atom is -0.481 e. The van der Waals surface area contributed by atoms with E-state index < -0.39 is 11.4 Å². The van der Waals surface area contributed by atoms with Crippen LogP contribution >= 0.6 is 0 Å². The first-order valence-electron chi connectivity index (χ1n) is 13.4. The van der Waals surface area contributed by atoms with E-state index >= 15 is 0 Å². The molecule has 5 aliphatic carbocycles. The van der Waals surface area contributed by atoms with Gasteiger partial charge in [0.15, 0.2) is 0 Å². The van der Waals surface area contributed by atoms with Crippen molar-refractivity contribution < 1.29 is 14.7 Å². The third kappa shape index (κ3) is 2.58. The van der Waals surface area contributed by atoms with Crippen molar-refractivity contribution in [3.63, 3.8) is 0 Å². The van der Waals surface area contributed by atoms with Gasteiger partial charge >= 0.3 is 5.97 Å². The third-order valence-electron chi connectivity index (χ3n) is 12.8. The largest absolute Gasteiger partial charge is 0.481 e. The van der Waals surface area contributed by atoms with Crippen molar-refractivity contribution in [3.05, 3.63) is 23.8 Å². The molecule has 0 amide bonds. The molecule has 0 aromatic rings. The van der Waals surface area contributed by atoms with E-state index in [1.807, 2.05) is 0 Å². The monoisotopic (exact) mass is 452 g/mol. The summed E-state index contributed by atoms with van der Waals surface area (Å²) in [6.45, 7) is 18.5. The standard InChI is InChI=1S/C30H44O3/c1-18(2)20-10-13-30(25(32)33)15-14-27(5)21(24(20)30)8-9-23-28(27,6)12-11-22-26(3,4)16-19(17-31)29(22,23)7/h16-17,20-24H,1,8-15H2,2-7H3,(H,32,33)/t20-,21?,22-,23?,24?,27+,28+,29-,30-/m0/s1. The molecule has 4 fully saturated rings. The van der Waals surface area contributed by atoms with Gasteiger partial charge in [0.2, 0.25) is 0 Å². The van der Waals surface area contributed by atoms with Gasteiger partial charge < -0.3 is 5.11 Å². The molecule has 0 saturated heterocycles. The zero-order valence-electron chi connectivity index (χ0n) is 21.7. The Morgan fingerprint density at radius 2 is 1.67 bits per heavy atom. The number of hydrogen-bond donors (Lipinski definition) is 1. The van der Waals surface area contributed by atoms with Crippen LogP contribution in [0, 0.1) is 56.7 Å². The van der Waals surface area contributed by atoms with Crippen molar-refractivity contribution in [2.45, 2.75) is 92.9 Å². The van der Waals surface area contributed by atoms with Crippen LogP contribution in [0.5, 0.6) is 0 Å².